The van der Waals surface area contributed by atoms with E-state index in [1.807, 2.05) is 30.1 Å². The largest absolute Gasteiger partial charge is 0.496 e. The Morgan fingerprint density at radius 2 is 2.25 bits per heavy atom. The molecule has 4 nitrogen and oxygen atoms in total. The molecule has 5 heteroatoms. The number of rotatable bonds is 6. The number of benzene rings is 1. The zero-order valence-electron chi connectivity index (χ0n) is 12.1. The van der Waals surface area contributed by atoms with Gasteiger partial charge in [-0.15, -0.1) is 0 Å². The van der Waals surface area contributed by atoms with Gasteiger partial charge in [-0.2, -0.15) is 5.10 Å². The molecule has 0 spiro atoms. The van der Waals surface area contributed by atoms with Gasteiger partial charge in [0, 0.05) is 28.3 Å². The van der Waals surface area contributed by atoms with Gasteiger partial charge in [-0.05, 0) is 25.6 Å². The standard InChI is InChI=1S/C15H20BrN3O/c1-4-7-19-10-11(9-18-19)15(17-2)13-6-5-12(16)8-14(13)20-3/h5-6,8-10,15,17H,4,7H2,1-3H3. The number of hydrogen-bond acceptors (Lipinski definition) is 3. The van der Waals surface area contributed by atoms with Crippen LogP contribution in [-0.2, 0) is 6.54 Å². The number of hydrogen-bond donors (Lipinski definition) is 1. The van der Waals surface area contributed by atoms with E-state index in [1.54, 1.807) is 7.11 Å². The van der Waals surface area contributed by atoms with Crippen molar-refractivity contribution in [1.82, 2.24) is 15.1 Å². The summed E-state index contributed by atoms with van der Waals surface area (Å²) in [7, 11) is 3.64. The summed E-state index contributed by atoms with van der Waals surface area (Å²) in [6, 6.07) is 6.15. The van der Waals surface area contributed by atoms with E-state index in [4.69, 9.17) is 4.74 Å². The molecule has 1 aromatic carbocycles. The summed E-state index contributed by atoms with van der Waals surface area (Å²) in [5.74, 6) is 0.863. The number of ether oxygens (including phenoxy) is 1. The third kappa shape index (κ3) is 3.22. The van der Waals surface area contributed by atoms with Gasteiger partial charge in [0.1, 0.15) is 5.75 Å². The maximum absolute atomic E-state index is 5.49. The van der Waals surface area contributed by atoms with E-state index in [-0.39, 0.29) is 6.04 Å². The second-order valence-electron chi connectivity index (χ2n) is 4.64. The van der Waals surface area contributed by atoms with Crippen LogP contribution in [-0.4, -0.2) is 23.9 Å². The number of halogens is 1. The van der Waals surface area contributed by atoms with Gasteiger partial charge in [0.2, 0.25) is 0 Å². The monoisotopic (exact) mass is 337 g/mol. The third-order valence-corrected chi connectivity index (χ3v) is 3.73. The first kappa shape index (κ1) is 15.1. The molecule has 0 aliphatic carbocycles. The second kappa shape index (κ2) is 6.90. The number of nitrogens with one attached hydrogen (secondary N) is 1. The van der Waals surface area contributed by atoms with Gasteiger partial charge in [0.25, 0.3) is 0 Å². The first-order valence-corrected chi connectivity index (χ1v) is 7.52. The van der Waals surface area contributed by atoms with Gasteiger partial charge in [-0.3, -0.25) is 4.68 Å². The summed E-state index contributed by atoms with van der Waals surface area (Å²) in [5.41, 5.74) is 2.25. The lowest BCUT2D eigenvalue weighted by Gasteiger charge is -2.18. The van der Waals surface area contributed by atoms with Crippen LogP contribution in [0.3, 0.4) is 0 Å². The van der Waals surface area contributed by atoms with E-state index in [9.17, 15) is 0 Å². The molecule has 0 amide bonds. The van der Waals surface area contributed by atoms with Crippen LogP contribution >= 0.6 is 15.9 Å². The highest BCUT2D eigenvalue weighted by atomic mass is 79.9. The molecule has 1 atom stereocenters. The lowest BCUT2D eigenvalue weighted by molar-refractivity contribution is 0.405. The van der Waals surface area contributed by atoms with E-state index in [0.717, 1.165) is 34.3 Å². The maximum Gasteiger partial charge on any atom is 0.125 e. The molecule has 0 saturated carbocycles. The second-order valence-corrected chi connectivity index (χ2v) is 5.56. The summed E-state index contributed by atoms with van der Waals surface area (Å²) in [6.07, 6.45) is 5.08. The van der Waals surface area contributed by atoms with Crippen molar-refractivity contribution in [3.05, 3.63) is 46.2 Å². The van der Waals surface area contributed by atoms with Crippen LogP contribution in [0.2, 0.25) is 0 Å². The minimum absolute atomic E-state index is 0.0728. The van der Waals surface area contributed by atoms with E-state index in [2.05, 4.69) is 45.5 Å². The highest BCUT2D eigenvalue weighted by Gasteiger charge is 2.18. The Morgan fingerprint density at radius 3 is 2.90 bits per heavy atom. The normalized spacial score (nSPS) is 12.4. The van der Waals surface area contributed by atoms with Crippen molar-refractivity contribution in [1.29, 1.82) is 0 Å². The molecule has 1 unspecified atom stereocenters. The van der Waals surface area contributed by atoms with Crippen molar-refractivity contribution >= 4 is 15.9 Å². The highest BCUT2D eigenvalue weighted by Crippen LogP contribution is 2.32. The van der Waals surface area contributed by atoms with Crippen molar-refractivity contribution in [3.8, 4) is 5.75 Å². The van der Waals surface area contributed by atoms with Crippen molar-refractivity contribution in [2.45, 2.75) is 25.9 Å². The maximum atomic E-state index is 5.49. The lowest BCUT2D eigenvalue weighted by Crippen LogP contribution is -2.18. The Labute approximate surface area is 128 Å². The molecule has 0 aliphatic heterocycles. The van der Waals surface area contributed by atoms with Crippen LogP contribution in [0, 0.1) is 0 Å². The van der Waals surface area contributed by atoms with Crippen LogP contribution in [0.25, 0.3) is 0 Å². The average molecular weight is 338 g/mol. The molecule has 1 N–H and O–H groups in total. The van der Waals surface area contributed by atoms with Gasteiger partial charge in [0.05, 0.1) is 19.3 Å². The Hall–Kier alpha value is -1.33. The van der Waals surface area contributed by atoms with Crippen LogP contribution < -0.4 is 10.1 Å². The van der Waals surface area contributed by atoms with Crippen LogP contribution in [0.4, 0.5) is 0 Å². The average Bonchev–Trinajstić information content (AvgIpc) is 2.90. The molecular weight excluding hydrogens is 318 g/mol. The van der Waals surface area contributed by atoms with Crippen molar-refractivity contribution in [3.63, 3.8) is 0 Å². The summed E-state index contributed by atoms with van der Waals surface area (Å²) >= 11 is 3.47. The van der Waals surface area contributed by atoms with Gasteiger partial charge >= 0.3 is 0 Å². The minimum Gasteiger partial charge on any atom is -0.496 e. The number of aromatic nitrogens is 2. The molecule has 0 saturated heterocycles. The van der Waals surface area contributed by atoms with Crippen LogP contribution in [0.5, 0.6) is 5.75 Å². The van der Waals surface area contributed by atoms with E-state index in [1.165, 1.54) is 0 Å². The van der Waals surface area contributed by atoms with E-state index >= 15 is 0 Å². The molecule has 108 valence electrons. The summed E-state index contributed by atoms with van der Waals surface area (Å²) in [4.78, 5) is 0. The lowest BCUT2D eigenvalue weighted by atomic mass is 10.0. The summed E-state index contributed by atoms with van der Waals surface area (Å²) in [5, 5.41) is 7.74. The Balaban J connectivity index is 2.35. The molecule has 2 rings (SSSR count). The van der Waals surface area contributed by atoms with Crippen LogP contribution in [0.1, 0.15) is 30.5 Å². The van der Waals surface area contributed by atoms with E-state index in [0.29, 0.717) is 0 Å². The zero-order valence-corrected chi connectivity index (χ0v) is 13.6. The number of methoxy groups -OCH3 is 1. The molecule has 0 bridgehead atoms. The predicted molar refractivity (Wildman–Crippen MR) is 84.1 cm³/mol. The first-order chi connectivity index (χ1) is 9.69. The quantitative estimate of drug-likeness (QED) is 0.878. The van der Waals surface area contributed by atoms with Gasteiger partial charge < -0.3 is 10.1 Å². The molecule has 1 aromatic heterocycles. The molecule has 20 heavy (non-hydrogen) atoms. The van der Waals surface area contributed by atoms with Gasteiger partial charge in [0.15, 0.2) is 0 Å². The fraction of sp³-hybridized carbons (Fsp3) is 0.400. The van der Waals surface area contributed by atoms with Crippen molar-refractivity contribution in [2.75, 3.05) is 14.2 Å². The Morgan fingerprint density at radius 1 is 1.45 bits per heavy atom. The first-order valence-electron chi connectivity index (χ1n) is 6.72. The molecule has 0 fully saturated rings. The Bertz CT molecular complexity index is 568. The molecule has 1 heterocycles. The van der Waals surface area contributed by atoms with Gasteiger partial charge in [-0.25, -0.2) is 0 Å². The molecule has 0 aliphatic rings. The summed E-state index contributed by atoms with van der Waals surface area (Å²) < 4.78 is 8.47. The molecular formula is C15H20BrN3O. The zero-order chi connectivity index (χ0) is 14.5. The smallest absolute Gasteiger partial charge is 0.125 e. The van der Waals surface area contributed by atoms with Crippen molar-refractivity contribution in [2.24, 2.45) is 0 Å². The Kier molecular flexibility index (Phi) is 5.20. The summed E-state index contributed by atoms with van der Waals surface area (Å²) in [6.45, 7) is 3.09. The SMILES string of the molecule is CCCn1cc(C(NC)c2ccc(Br)cc2OC)cn1. The van der Waals surface area contributed by atoms with Crippen molar-refractivity contribution < 1.29 is 4.74 Å². The van der Waals surface area contributed by atoms with E-state index < -0.39 is 0 Å². The van der Waals surface area contributed by atoms with Gasteiger partial charge in [-0.1, -0.05) is 28.9 Å². The predicted octanol–water partition coefficient (Wildman–Crippen LogP) is 3.37. The fourth-order valence-electron chi connectivity index (χ4n) is 2.31. The van der Waals surface area contributed by atoms with Crippen LogP contribution in [0.15, 0.2) is 35.1 Å². The molecule has 0 radical (unpaired) electrons. The molecule has 2 aromatic rings. The number of nitrogens with zero attached hydrogens (tertiary/aromatic N) is 2. The number of aryl methyl sites for hydroxylation is 1. The highest BCUT2D eigenvalue weighted by molar-refractivity contribution is 9.10. The topological polar surface area (TPSA) is 39.1 Å². The fourth-order valence-corrected chi connectivity index (χ4v) is 2.65. The third-order valence-electron chi connectivity index (χ3n) is 3.23. The minimum atomic E-state index is 0.0728.